The van der Waals surface area contributed by atoms with Crippen LogP contribution in [0.3, 0.4) is 0 Å². The Hall–Kier alpha value is -1.70. The van der Waals surface area contributed by atoms with Crippen LogP contribution in [-0.2, 0) is 9.53 Å². The number of esters is 1. The Morgan fingerprint density at radius 3 is 3.10 bits per heavy atom. The Balaban J connectivity index is 1.86. The second kappa shape index (κ2) is 5.59. The fourth-order valence-corrected chi connectivity index (χ4v) is 3.69. The van der Waals surface area contributed by atoms with Crippen molar-refractivity contribution in [3.05, 3.63) is 29.0 Å². The van der Waals surface area contributed by atoms with Gasteiger partial charge >= 0.3 is 5.97 Å². The topological polar surface area (TPSA) is 67.6 Å². The van der Waals surface area contributed by atoms with Crippen molar-refractivity contribution in [1.29, 1.82) is 0 Å². The summed E-state index contributed by atoms with van der Waals surface area (Å²) < 4.78 is 10.2. The van der Waals surface area contributed by atoms with E-state index < -0.39 is 0 Å². The molecule has 3 rings (SSSR count). The number of carbonyl (C=O) groups excluding carboxylic acids is 1. The zero-order chi connectivity index (χ0) is 15.0. The average Bonchev–Trinajstić information content (AvgIpc) is 3.17. The molecule has 1 fully saturated rings. The number of hydrazine groups is 1. The molecule has 0 amide bonds. The van der Waals surface area contributed by atoms with Gasteiger partial charge in [0.2, 0.25) is 5.89 Å². The minimum atomic E-state index is -0.297. The minimum absolute atomic E-state index is 0.133. The van der Waals surface area contributed by atoms with Crippen molar-refractivity contribution in [3.63, 3.8) is 0 Å². The Kier molecular flexibility index (Phi) is 3.79. The summed E-state index contributed by atoms with van der Waals surface area (Å²) in [6, 6.07) is 1.93. The number of ether oxygens (including phenoxy) is 1. The van der Waals surface area contributed by atoms with Crippen molar-refractivity contribution in [2.75, 3.05) is 14.2 Å². The first kappa shape index (κ1) is 14.2. The number of carbonyl (C=O) groups is 1. The third-order valence-electron chi connectivity index (χ3n) is 3.73. The lowest BCUT2D eigenvalue weighted by atomic mass is 10.0. The molecule has 1 aliphatic heterocycles. The van der Waals surface area contributed by atoms with Crippen LogP contribution < -0.4 is 5.43 Å². The van der Waals surface area contributed by atoms with Gasteiger partial charge in [0, 0.05) is 11.9 Å². The average molecular weight is 307 g/mol. The van der Waals surface area contributed by atoms with E-state index in [0.29, 0.717) is 12.3 Å². The van der Waals surface area contributed by atoms with Crippen molar-refractivity contribution < 1.29 is 13.9 Å². The third-order valence-corrected chi connectivity index (χ3v) is 4.78. The fraction of sp³-hybridized carbons (Fsp3) is 0.429. The number of methoxy groups -OCH3 is 1. The van der Waals surface area contributed by atoms with Crippen molar-refractivity contribution in [1.82, 2.24) is 15.4 Å². The number of aromatic nitrogens is 1. The van der Waals surface area contributed by atoms with Gasteiger partial charge in [-0.05, 0) is 25.0 Å². The van der Waals surface area contributed by atoms with Gasteiger partial charge < -0.3 is 9.15 Å². The lowest BCUT2D eigenvalue weighted by Gasteiger charge is -2.18. The molecule has 2 aromatic heterocycles. The van der Waals surface area contributed by atoms with Gasteiger partial charge in [0.1, 0.15) is 12.3 Å². The molecule has 0 radical (unpaired) electrons. The van der Waals surface area contributed by atoms with Crippen LogP contribution in [0, 0.1) is 6.92 Å². The van der Waals surface area contributed by atoms with Crippen molar-refractivity contribution in [2.45, 2.75) is 25.4 Å². The van der Waals surface area contributed by atoms with E-state index in [2.05, 4.69) is 23.4 Å². The van der Waals surface area contributed by atoms with Crippen molar-refractivity contribution in [2.24, 2.45) is 0 Å². The number of rotatable bonds is 3. The molecule has 0 aliphatic carbocycles. The van der Waals surface area contributed by atoms with E-state index in [1.165, 1.54) is 17.6 Å². The number of thiophene rings is 1. The van der Waals surface area contributed by atoms with E-state index in [9.17, 15) is 4.79 Å². The van der Waals surface area contributed by atoms with Crippen LogP contribution in [-0.4, -0.2) is 36.2 Å². The highest BCUT2D eigenvalue weighted by molar-refractivity contribution is 7.15. The molecule has 21 heavy (non-hydrogen) atoms. The molecule has 0 aromatic carbocycles. The molecule has 0 bridgehead atoms. The summed E-state index contributed by atoms with van der Waals surface area (Å²) in [4.78, 5) is 18.1. The number of nitrogens with one attached hydrogen (secondary N) is 1. The van der Waals surface area contributed by atoms with Gasteiger partial charge in [-0.1, -0.05) is 0 Å². The molecule has 2 aromatic rings. The highest BCUT2D eigenvalue weighted by Crippen LogP contribution is 2.38. The summed E-state index contributed by atoms with van der Waals surface area (Å²) in [5.41, 5.74) is 4.34. The molecule has 7 heteroatoms. The normalized spacial score (nSPS) is 22.6. The van der Waals surface area contributed by atoms with Crippen LogP contribution in [0.1, 0.15) is 22.9 Å². The SMILES string of the molecule is COC(=O)C1CC(c2cc(-c3ncco3)sc2C)N(C)N1. The summed E-state index contributed by atoms with van der Waals surface area (Å²) in [6.07, 6.45) is 3.90. The molecule has 1 N–H and O–H groups in total. The van der Waals surface area contributed by atoms with Gasteiger partial charge in [0.15, 0.2) is 0 Å². The highest BCUT2D eigenvalue weighted by atomic mass is 32.1. The number of hydrogen-bond acceptors (Lipinski definition) is 7. The number of oxazole rings is 1. The lowest BCUT2D eigenvalue weighted by Crippen LogP contribution is -2.38. The fourth-order valence-electron chi connectivity index (χ4n) is 2.67. The maximum Gasteiger partial charge on any atom is 0.324 e. The molecule has 3 heterocycles. The summed E-state index contributed by atoms with van der Waals surface area (Å²) in [5.74, 6) is 0.401. The summed E-state index contributed by atoms with van der Waals surface area (Å²) >= 11 is 1.65. The van der Waals surface area contributed by atoms with Gasteiger partial charge in [-0.25, -0.2) is 15.4 Å². The third kappa shape index (κ3) is 2.59. The van der Waals surface area contributed by atoms with E-state index in [1.807, 2.05) is 12.1 Å². The zero-order valence-corrected chi connectivity index (χ0v) is 12.9. The second-order valence-electron chi connectivity index (χ2n) is 5.03. The smallest absolute Gasteiger partial charge is 0.324 e. The Morgan fingerprint density at radius 2 is 2.43 bits per heavy atom. The van der Waals surface area contributed by atoms with E-state index in [1.54, 1.807) is 23.8 Å². The van der Waals surface area contributed by atoms with Crippen LogP contribution in [0.5, 0.6) is 0 Å². The quantitative estimate of drug-likeness (QED) is 0.876. The summed E-state index contributed by atoms with van der Waals surface area (Å²) in [5, 5.41) is 1.97. The lowest BCUT2D eigenvalue weighted by molar-refractivity contribution is -0.143. The van der Waals surface area contributed by atoms with Crippen LogP contribution in [0.2, 0.25) is 0 Å². The van der Waals surface area contributed by atoms with Gasteiger partial charge in [0.05, 0.1) is 24.2 Å². The second-order valence-corrected chi connectivity index (χ2v) is 6.28. The van der Waals surface area contributed by atoms with E-state index in [4.69, 9.17) is 9.15 Å². The molecular formula is C14H17N3O3S. The predicted molar refractivity (Wildman–Crippen MR) is 78.6 cm³/mol. The van der Waals surface area contributed by atoms with Crippen LogP contribution >= 0.6 is 11.3 Å². The molecular weight excluding hydrogens is 290 g/mol. The first-order valence-corrected chi connectivity index (χ1v) is 7.49. The van der Waals surface area contributed by atoms with Gasteiger partial charge in [0.25, 0.3) is 0 Å². The number of nitrogens with zero attached hydrogens (tertiary/aromatic N) is 2. The van der Waals surface area contributed by atoms with E-state index in [0.717, 1.165) is 4.88 Å². The maximum absolute atomic E-state index is 11.7. The van der Waals surface area contributed by atoms with Crippen LogP contribution in [0.15, 0.2) is 22.9 Å². The molecule has 0 spiro atoms. The number of aryl methyl sites for hydroxylation is 1. The van der Waals surface area contributed by atoms with Crippen molar-refractivity contribution >= 4 is 17.3 Å². The van der Waals surface area contributed by atoms with Crippen LogP contribution in [0.4, 0.5) is 0 Å². The zero-order valence-electron chi connectivity index (χ0n) is 12.1. The summed E-state index contributed by atoms with van der Waals surface area (Å²) in [6.45, 7) is 2.08. The molecule has 2 unspecified atom stereocenters. The van der Waals surface area contributed by atoms with E-state index in [-0.39, 0.29) is 18.1 Å². The first-order chi connectivity index (χ1) is 10.1. The van der Waals surface area contributed by atoms with Gasteiger partial charge in [-0.15, -0.1) is 11.3 Å². The molecule has 2 atom stereocenters. The molecule has 1 aliphatic rings. The first-order valence-electron chi connectivity index (χ1n) is 6.67. The minimum Gasteiger partial charge on any atom is -0.468 e. The molecule has 1 saturated heterocycles. The standard InChI is InChI=1S/C14H17N3O3S/c1-8-9(6-12(21-8)13-15-4-5-20-13)11-7-10(14(18)19-3)16-17(11)2/h4-6,10-11,16H,7H2,1-3H3. The highest BCUT2D eigenvalue weighted by Gasteiger charge is 2.36. The predicted octanol–water partition coefficient (Wildman–Crippen LogP) is 2.13. The Bertz CT molecular complexity index is 638. The monoisotopic (exact) mass is 307 g/mol. The Labute approximate surface area is 126 Å². The van der Waals surface area contributed by atoms with Gasteiger partial charge in [-0.2, -0.15) is 0 Å². The van der Waals surface area contributed by atoms with Crippen LogP contribution in [0.25, 0.3) is 10.8 Å². The van der Waals surface area contributed by atoms with E-state index >= 15 is 0 Å². The number of hydrogen-bond donors (Lipinski definition) is 1. The summed E-state index contributed by atoms with van der Waals surface area (Å²) in [7, 11) is 3.35. The molecule has 6 nitrogen and oxygen atoms in total. The Morgan fingerprint density at radius 1 is 1.62 bits per heavy atom. The molecule has 0 saturated carbocycles. The largest absolute Gasteiger partial charge is 0.468 e. The van der Waals surface area contributed by atoms with Gasteiger partial charge in [-0.3, -0.25) is 4.79 Å². The van der Waals surface area contributed by atoms with Crippen molar-refractivity contribution in [3.8, 4) is 10.8 Å². The maximum atomic E-state index is 11.7. The molecule has 112 valence electrons.